The summed E-state index contributed by atoms with van der Waals surface area (Å²) in [5.41, 5.74) is 2.54. The molecular formula is C9H22N4O. The molecule has 0 spiro atoms. The minimum absolute atomic E-state index is 0.423. The van der Waals surface area contributed by atoms with E-state index < -0.39 is 0 Å². The van der Waals surface area contributed by atoms with Gasteiger partial charge in [0.2, 0.25) is 5.96 Å². The third-order valence-electron chi connectivity index (χ3n) is 2.03. The van der Waals surface area contributed by atoms with Crippen LogP contribution in [0.5, 0.6) is 0 Å². The van der Waals surface area contributed by atoms with Gasteiger partial charge in [0.25, 0.3) is 0 Å². The highest BCUT2D eigenvalue weighted by molar-refractivity contribution is 5.79. The van der Waals surface area contributed by atoms with Crippen molar-refractivity contribution in [2.24, 2.45) is 10.8 Å². The number of aliphatic imine (C=N–C) groups is 1. The number of nitrogens with one attached hydrogen (secondary N) is 2. The second kappa shape index (κ2) is 8.77. The van der Waals surface area contributed by atoms with E-state index in [-0.39, 0.29) is 0 Å². The first-order valence-electron chi connectivity index (χ1n) is 5.04. The number of hydrogen-bond donors (Lipinski definition) is 3. The van der Waals surface area contributed by atoms with Crippen LogP contribution in [0.15, 0.2) is 4.99 Å². The molecule has 0 saturated heterocycles. The second-order valence-corrected chi connectivity index (χ2v) is 3.03. The summed E-state index contributed by atoms with van der Waals surface area (Å²) in [6, 6.07) is 0.423. The predicted octanol–water partition coefficient (Wildman–Crippen LogP) is 0.230. The highest BCUT2D eigenvalue weighted by Crippen LogP contribution is 1.94. The molecular weight excluding hydrogens is 180 g/mol. The third kappa shape index (κ3) is 5.77. The van der Waals surface area contributed by atoms with Gasteiger partial charge in [-0.15, -0.1) is 0 Å². The summed E-state index contributed by atoms with van der Waals surface area (Å²) < 4.78 is 4.89. The second-order valence-electron chi connectivity index (χ2n) is 3.03. The van der Waals surface area contributed by atoms with Crippen molar-refractivity contribution in [1.29, 1.82) is 0 Å². The summed E-state index contributed by atoms with van der Waals surface area (Å²) in [7, 11) is 1.65. The smallest absolute Gasteiger partial charge is 0.206 e. The van der Waals surface area contributed by atoms with Gasteiger partial charge in [-0.25, -0.2) is 10.8 Å². The topological polar surface area (TPSA) is 71.7 Å². The maximum Gasteiger partial charge on any atom is 0.206 e. The molecule has 0 atom stereocenters. The van der Waals surface area contributed by atoms with E-state index in [1.54, 1.807) is 7.11 Å². The standard InChI is InChI=1S/C9H22N4O/c1-4-8(5-2)12-9(13-10)11-6-7-14-3/h8H,4-7,10H2,1-3H3,(H2,11,12,13). The summed E-state index contributed by atoms with van der Waals surface area (Å²) in [6.45, 7) is 5.48. The molecule has 84 valence electrons. The largest absolute Gasteiger partial charge is 0.383 e. The average Bonchev–Trinajstić information content (AvgIpc) is 2.23. The molecule has 0 saturated carbocycles. The van der Waals surface area contributed by atoms with Crippen LogP contribution in [0.25, 0.3) is 0 Å². The van der Waals surface area contributed by atoms with Gasteiger partial charge in [-0.3, -0.25) is 5.43 Å². The van der Waals surface area contributed by atoms with Crippen molar-refractivity contribution in [3.8, 4) is 0 Å². The van der Waals surface area contributed by atoms with Gasteiger partial charge in [0, 0.05) is 13.2 Å². The van der Waals surface area contributed by atoms with E-state index in [1.165, 1.54) is 0 Å². The van der Waals surface area contributed by atoms with Crippen LogP contribution >= 0.6 is 0 Å². The normalized spacial score (nSPS) is 11.9. The summed E-state index contributed by atoms with van der Waals surface area (Å²) >= 11 is 0. The fourth-order valence-corrected chi connectivity index (χ4v) is 1.07. The summed E-state index contributed by atoms with van der Waals surface area (Å²) in [6.07, 6.45) is 2.11. The molecule has 0 unspecified atom stereocenters. The zero-order valence-corrected chi connectivity index (χ0v) is 9.34. The summed E-state index contributed by atoms with van der Waals surface area (Å²) in [5, 5.41) is 3.22. The van der Waals surface area contributed by atoms with Crippen LogP contribution in [0.1, 0.15) is 26.7 Å². The molecule has 5 heteroatoms. The Balaban J connectivity index is 3.92. The molecule has 0 amide bonds. The quantitative estimate of drug-likeness (QED) is 0.189. The van der Waals surface area contributed by atoms with Gasteiger partial charge < -0.3 is 10.1 Å². The Kier molecular flexibility index (Phi) is 8.27. The lowest BCUT2D eigenvalue weighted by atomic mass is 10.2. The molecule has 0 aromatic rings. The van der Waals surface area contributed by atoms with E-state index in [1.807, 2.05) is 0 Å². The Morgan fingerprint density at radius 3 is 2.50 bits per heavy atom. The highest BCUT2D eigenvalue weighted by atomic mass is 16.5. The number of guanidine groups is 1. The molecule has 0 rings (SSSR count). The SMILES string of the molecule is CCC(CC)NC(=NCCOC)NN. The van der Waals surface area contributed by atoms with Gasteiger partial charge in [0.15, 0.2) is 0 Å². The number of hydrogen-bond acceptors (Lipinski definition) is 3. The molecule has 0 aliphatic heterocycles. The first kappa shape index (κ1) is 13.2. The number of hydrazine groups is 1. The molecule has 0 bridgehead atoms. The Morgan fingerprint density at radius 2 is 2.07 bits per heavy atom. The summed E-state index contributed by atoms with van der Waals surface area (Å²) in [4.78, 5) is 4.21. The van der Waals surface area contributed by atoms with Crippen LogP contribution in [-0.4, -0.2) is 32.3 Å². The molecule has 14 heavy (non-hydrogen) atoms. The lowest BCUT2D eigenvalue weighted by Gasteiger charge is -2.17. The van der Waals surface area contributed by atoms with Crippen LogP contribution in [0.2, 0.25) is 0 Å². The number of methoxy groups -OCH3 is 1. The Morgan fingerprint density at radius 1 is 1.43 bits per heavy atom. The number of ether oxygens (including phenoxy) is 1. The molecule has 5 nitrogen and oxygen atoms in total. The van der Waals surface area contributed by atoms with Crippen LogP contribution in [0, 0.1) is 0 Å². The minimum atomic E-state index is 0.423. The van der Waals surface area contributed by atoms with Crippen molar-refractivity contribution < 1.29 is 4.74 Å². The third-order valence-corrected chi connectivity index (χ3v) is 2.03. The van der Waals surface area contributed by atoms with Gasteiger partial charge in [-0.1, -0.05) is 13.8 Å². The first-order chi connectivity index (χ1) is 6.78. The van der Waals surface area contributed by atoms with E-state index in [0.29, 0.717) is 25.2 Å². The van der Waals surface area contributed by atoms with Gasteiger partial charge >= 0.3 is 0 Å². The van der Waals surface area contributed by atoms with Crippen molar-refractivity contribution in [3.63, 3.8) is 0 Å². The Labute approximate surface area is 86.1 Å². The molecule has 0 aliphatic carbocycles. The molecule has 0 aromatic carbocycles. The zero-order chi connectivity index (χ0) is 10.8. The lowest BCUT2D eigenvalue weighted by molar-refractivity contribution is 0.208. The van der Waals surface area contributed by atoms with Crippen molar-refractivity contribution in [1.82, 2.24) is 10.7 Å². The van der Waals surface area contributed by atoms with E-state index in [2.05, 4.69) is 29.6 Å². The predicted molar refractivity (Wildman–Crippen MR) is 59.0 cm³/mol. The number of rotatable bonds is 6. The molecule has 0 radical (unpaired) electrons. The van der Waals surface area contributed by atoms with E-state index >= 15 is 0 Å². The highest BCUT2D eigenvalue weighted by Gasteiger charge is 2.04. The Bertz CT molecular complexity index is 157. The van der Waals surface area contributed by atoms with Crippen molar-refractivity contribution in [3.05, 3.63) is 0 Å². The maximum absolute atomic E-state index is 5.33. The van der Waals surface area contributed by atoms with Crippen LogP contribution in [-0.2, 0) is 4.74 Å². The first-order valence-corrected chi connectivity index (χ1v) is 5.04. The lowest BCUT2D eigenvalue weighted by Crippen LogP contribution is -2.46. The molecule has 0 aliphatic rings. The minimum Gasteiger partial charge on any atom is -0.383 e. The summed E-state index contributed by atoms with van der Waals surface area (Å²) in [5.74, 6) is 5.96. The monoisotopic (exact) mass is 202 g/mol. The van der Waals surface area contributed by atoms with Crippen molar-refractivity contribution >= 4 is 5.96 Å². The van der Waals surface area contributed by atoms with Crippen LogP contribution in [0.3, 0.4) is 0 Å². The Hall–Kier alpha value is -0.810. The molecule has 0 heterocycles. The fourth-order valence-electron chi connectivity index (χ4n) is 1.07. The number of nitrogens with two attached hydrogens (primary N) is 1. The van der Waals surface area contributed by atoms with E-state index in [0.717, 1.165) is 12.8 Å². The number of nitrogens with zero attached hydrogens (tertiary/aromatic N) is 1. The molecule has 0 aromatic heterocycles. The maximum atomic E-state index is 5.33. The molecule has 4 N–H and O–H groups in total. The average molecular weight is 202 g/mol. The van der Waals surface area contributed by atoms with Crippen LogP contribution in [0.4, 0.5) is 0 Å². The van der Waals surface area contributed by atoms with Crippen molar-refractivity contribution in [2.75, 3.05) is 20.3 Å². The van der Waals surface area contributed by atoms with Gasteiger partial charge in [0.05, 0.1) is 13.2 Å². The van der Waals surface area contributed by atoms with Crippen molar-refractivity contribution in [2.45, 2.75) is 32.7 Å². The van der Waals surface area contributed by atoms with E-state index in [4.69, 9.17) is 10.6 Å². The molecule has 0 fully saturated rings. The zero-order valence-electron chi connectivity index (χ0n) is 9.34. The fraction of sp³-hybridized carbons (Fsp3) is 0.889. The van der Waals surface area contributed by atoms with Gasteiger partial charge in [-0.2, -0.15) is 0 Å². The van der Waals surface area contributed by atoms with Gasteiger partial charge in [0.1, 0.15) is 0 Å². The van der Waals surface area contributed by atoms with Gasteiger partial charge in [-0.05, 0) is 12.8 Å². The van der Waals surface area contributed by atoms with Crippen LogP contribution < -0.4 is 16.6 Å². The van der Waals surface area contributed by atoms with E-state index in [9.17, 15) is 0 Å².